The van der Waals surface area contributed by atoms with E-state index in [9.17, 15) is 4.79 Å². The van der Waals surface area contributed by atoms with E-state index >= 15 is 0 Å². The van der Waals surface area contributed by atoms with Crippen molar-refractivity contribution in [2.75, 3.05) is 6.54 Å². The highest BCUT2D eigenvalue weighted by Gasteiger charge is 1.98. The Morgan fingerprint density at radius 2 is 1.94 bits per heavy atom. The zero-order valence-corrected chi connectivity index (χ0v) is 10.6. The summed E-state index contributed by atoms with van der Waals surface area (Å²) in [5, 5.41) is 3.45. The Morgan fingerprint density at radius 1 is 1.24 bits per heavy atom. The molecule has 0 saturated heterocycles. The number of nitrogens with one attached hydrogen (secondary N) is 3. The van der Waals surface area contributed by atoms with Gasteiger partial charge >= 0.3 is 0 Å². The van der Waals surface area contributed by atoms with Crippen LogP contribution in [0.3, 0.4) is 0 Å². The maximum atomic E-state index is 11.0. The summed E-state index contributed by atoms with van der Waals surface area (Å²) in [6.07, 6.45) is 1.32. The van der Waals surface area contributed by atoms with Crippen molar-refractivity contribution in [3.8, 4) is 0 Å². The first kappa shape index (κ1) is 13.4. The topological polar surface area (TPSA) is 53.2 Å². The van der Waals surface area contributed by atoms with E-state index in [-0.39, 0.29) is 5.91 Å². The zero-order chi connectivity index (χ0) is 12.5. The molecule has 0 aliphatic carbocycles. The minimum atomic E-state index is -0.0859. The molecule has 0 spiro atoms. The minimum absolute atomic E-state index is 0.0859. The highest BCUT2D eigenvalue weighted by atomic mass is 32.1. The van der Waals surface area contributed by atoms with Gasteiger partial charge in [0.2, 0.25) is 5.91 Å². The van der Waals surface area contributed by atoms with Gasteiger partial charge in [-0.25, -0.2) is 0 Å². The predicted octanol–water partition coefficient (Wildman–Crippen LogP) is 1.13. The number of carbonyl (C=O) groups excluding carboxylic acids is 1. The third kappa shape index (κ3) is 5.87. The van der Waals surface area contributed by atoms with Crippen LogP contribution in [0.25, 0.3) is 0 Å². The molecule has 4 nitrogen and oxygen atoms in total. The fourth-order valence-corrected chi connectivity index (χ4v) is 1.38. The molecule has 5 heteroatoms. The van der Waals surface area contributed by atoms with Crippen LogP contribution < -0.4 is 16.2 Å². The molecule has 1 aromatic carbocycles. The van der Waals surface area contributed by atoms with Gasteiger partial charge in [0.15, 0.2) is 5.11 Å². The fourth-order valence-electron chi connectivity index (χ4n) is 1.22. The number of amides is 1. The number of thiocarbonyl (C=S) groups is 1. The highest BCUT2D eigenvalue weighted by Crippen LogP contribution is 1.97. The summed E-state index contributed by atoms with van der Waals surface area (Å²) in [6.45, 7) is 2.51. The van der Waals surface area contributed by atoms with Crippen LogP contribution in [0, 0.1) is 0 Å². The van der Waals surface area contributed by atoms with Crippen LogP contribution >= 0.6 is 12.2 Å². The number of carbonyl (C=O) groups is 1. The molecule has 0 heterocycles. The van der Waals surface area contributed by atoms with E-state index in [1.54, 1.807) is 6.92 Å². The van der Waals surface area contributed by atoms with Gasteiger partial charge in [-0.15, -0.1) is 0 Å². The SMILES string of the molecule is CCC(=O)NNC(=S)NCCc1ccccc1. The molecule has 0 fully saturated rings. The van der Waals surface area contributed by atoms with Gasteiger partial charge in [0, 0.05) is 13.0 Å². The highest BCUT2D eigenvalue weighted by molar-refractivity contribution is 7.80. The molecule has 0 atom stereocenters. The lowest BCUT2D eigenvalue weighted by Crippen LogP contribution is -2.46. The molecule has 1 rings (SSSR count). The first-order valence-electron chi connectivity index (χ1n) is 5.59. The van der Waals surface area contributed by atoms with Crippen molar-refractivity contribution in [1.29, 1.82) is 0 Å². The van der Waals surface area contributed by atoms with Crippen molar-refractivity contribution in [3.05, 3.63) is 35.9 Å². The third-order valence-corrected chi connectivity index (χ3v) is 2.43. The summed E-state index contributed by atoms with van der Waals surface area (Å²) in [5.41, 5.74) is 6.38. The summed E-state index contributed by atoms with van der Waals surface area (Å²) in [5.74, 6) is -0.0859. The number of hydrogen-bond acceptors (Lipinski definition) is 2. The maximum Gasteiger partial charge on any atom is 0.238 e. The molecule has 0 bridgehead atoms. The van der Waals surface area contributed by atoms with Crippen molar-refractivity contribution < 1.29 is 4.79 Å². The van der Waals surface area contributed by atoms with E-state index in [2.05, 4.69) is 28.3 Å². The van der Waals surface area contributed by atoms with Crippen molar-refractivity contribution >= 4 is 23.2 Å². The Kier molecular flexibility index (Phi) is 6.03. The van der Waals surface area contributed by atoms with Crippen LogP contribution in [0.15, 0.2) is 30.3 Å². The first-order chi connectivity index (χ1) is 8.22. The van der Waals surface area contributed by atoms with Gasteiger partial charge in [0.05, 0.1) is 0 Å². The van der Waals surface area contributed by atoms with E-state index in [1.807, 2.05) is 18.2 Å². The molecule has 92 valence electrons. The number of rotatable bonds is 4. The summed E-state index contributed by atoms with van der Waals surface area (Å²) in [4.78, 5) is 11.0. The van der Waals surface area contributed by atoms with Crippen molar-refractivity contribution in [2.24, 2.45) is 0 Å². The Bertz CT molecular complexity index is 367. The van der Waals surface area contributed by atoms with E-state index in [4.69, 9.17) is 12.2 Å². The largest absolute Gasteiger partial charge is 0.361 e. The van der Waals surface area contributed by atoms with Crippen molar-refractivity contribution in [3.63, 3.8) is 0 Å². The van der Waals surface area contributed by atoms with Gasteiger partial charge < -0.3 is 5.32 Å². The summed E-state index contributed by atoms with van der Waals surface area (Å²) in [7, 11) is 0. The van der Waals surface area contributed by atoms with Crippen molar-refractivity contribution in [1.82, 2.24) is 16.2 Å². The van der Waals surface area contributed by atoms with Crippen molar-refractivity contribution in [2.45, 2.75) is 19.8 Å². The van der Waals surface area contributed by atoms with Gasteiger partial charge in [0.25, 0.3) is 0 Å². The lowest BCUT2D eigenvalue weighted by atomic mass is 10.1. The summed E-state index contributed by atoms with van der Waals surface area (Å²) < 4.78 is 0. The molecule has 1 aromatic rings. The molecule has 3 N–H and O–H groups in total. The molecule has 17 heavy (non-hydrogen) atoms. The molecule has 1 amide bonds. The van der Waals surface area contributed by atoms with Crippen LogP contribution in [0.1, 0.15) is 18.9 Å². The minimum Gasteiger partial charge on any atom is -0.361 e. The monoisotopic (exact) mass is 251 g/mol. The Balaban J connectivity index is 2.14. The molecular formula is C12H17N3OS. The van der Waals surface area contributed by atoms with Gasteiger partial charge in [-0.2, -0.15) is 0 Å². The standard InChI is InChI=1S/C12H17N3OS/c1-2-11(16)14-15-12(17)13-9-8-10-6-4-3-5-7-10/h3-7H,2,8-9H2,1H3,(H,14,16)(H2,13,15,17). The predicted molar refractivity (Wildman–Crippen MR) is 72.3 cm³/mol. The average Bonchev–Trinajstić information content (AvgIpc) is 2.37. The first-order valence-corrected chi connectivity index (χ1v) is 5.99. The van der Waals surface area contributed by atoms with Crippen LogP contribution in [-0.4, -0.2) is 17.6 Å². The summed E-state index contributed by atoms with van der Waals surface area (Å²) >= 11 is 5.00. The van der Waals surface area contributed by atoms with Crippen LogP contribution in [-0.2, 0) is 11.2 Å². The fraction of sp³-hybridized carbons (Fsp3) is 0.333. The van der Waals surface area contributed by atoms with E-state index in [0.717, 1.165) is 13.0 Å². The number of hydrogen-bond donors (Lipinski definition) is 3. The summed E-state index contributed by atoms with van der Waals surface area (Å²) in [6, 6.07) is 10.1. The molecule has 0 saturated carbocycles. The van der Waals surface area contributed by atoms with Crippen LogP contribution in [0.4, 0.5) is 0 Å². The second-order valence-electron chi connectivity index (χ2n) is 3.52. The Hall–Kier alpha value is -1.62. The van der Waals surface area contributed by atoms with Gasteiger partial charge in [-0.1, -0.05) is 37.3 Å². The average molecular weight is 251 g/mol. The molecular weight excluding hydrogens is 234 g/mol. The smallest absolute Gasteiger partial charge is 0.238 e. The second-order valence-corrected chi connectivity index (χ2v) is 3.93. The van der Waals surface area contributed by atoms with Crippen LogP contribution in [0.5, 0.6) is 0 Å². The Labute approximate surface area is 107 Å². The molecule has 0 aliphatic rings. The van der Waals surface area contributed by atoms with Crippen LogP contribution in [0.2, 0.25) is 0 Å². The number of hydrazine groups is 1. The van der Waals surface area contributed by atoms with E-state index < -0.39 is 0 Å². The second kappa shape index (κ2) is 7.62. The molecule has 0 unspecified atom stereocenters. The van der Waals surface area contributed by atoms with Gasteiger partial charge in [0.1, 0.15) is 0 Å². The molecule has 0 aliphatic heterocycles. The van der Waals surface area contributed by atoms with Gasteiger partial charge in [-0.05, 0) is 24.2 Å². The lowest BCUT2D eigenvalue weighted by Gasteiger charge is -2.10. The lowest BCUT2D eigenvalue weighted by molar-refractivity contribution is -0.121. The molecule has 0 aromatic heterocycles. The van der Waals surface area contributed by atoms with E-state index in [1.165, 1.54) is 5.56 Å². The van der Waals surface area contributed by atoms with Gasteiger partial charge in [-0.3, -0.25) is 15.6 Å². The molecule has 0 radical (unpaired) electrons. The maximum absolute atomic E-state index is 11.0. The number of benzene rings is 1. The quantitative estimate of drug-likeness (QED) is 0.555. The third-order valence-electron chi connectivity index (χ3n) is 2.18. The Morgan fingerprint density at radius 3 is 2.59 bits per heavy atom. The van der Waals surface area contributed by atoms with E-state index in [0.29, 0.717) is 11.5 Å². The normalized spacial score (nSPS) is 9.47. The zero-order valence-electron chi connectivity index (χ0n) is 9.82.